The van der Waals surface area contributed by atoms with E-state index in [1.54, 1.807) is 30.1 Å². The number of Topliss-reactive ketones (excluding diaryl/α,β-unsaturated/α-hetero) is 1. The summed E-state index contributed by atoms with van der Waals surface area (Å²) in [4.78, 5) is 21.5. The predicted octanol–water partition coefficient (Wildman–Crippen LogP) is 4.98. The number of nitrogens with zero attached hydrogens (tertiary/aromatic N) is 7. The van der Waals surface area contributed by atoms with Gasteiger partial charge in [-0.1, -0.05) is 0 Å². The van der Waals surface area contributed by atoms with Crippen molar-refractivity contribution < 1.29 is 13.6 Å². The van der Waals surface area contributed by atoms with Crippen LogP contribution in [0.5, 0.6) is 0 Å². The molecular weight excluding hydrogens is 466 g/mol. The van der Waals surface area contributed by atoms with Gasteiger partial charge in [0.15, 0.2) is 11.6 Å². The highest BCUT2D eigenvalue weighted by molar-refractivity contribution is 5.99. The SMILES string of the molecule is CC(=O)c1ccc(-n2cnc3cc(Nc4ccc(C)nn4)ccc32)nc1-c1cc(C(C)(F)F)nn1C. The molecule has 0 amide bonds. The first kappa shape index (κ1) is 23.2. The van der Waals surface area contributed by atoms with Crippen LogP contribution in [-0.2, 0) is 13.0 Å². The molecule has 0 saturated heterocycles. The fourth-order valence-electron chi connectivity index (χ4n) is 3.85. The molecule has 5 aromatic rings. The van der Waals surface area contributed by atoms with Gasteiger partial charge in [0, 0.05) is 25.2 Å². The smallest absolute Gasteiger partial charge is 0.288 e. The highest BCUT2D eigenvalue weighted by atomic mass is 19.3. The van der Waals surface area contributed by atoms with Gasteiger partial charge in [-0.15, -0.1) is 5.10 Å². The molecule has 0 saturated carbocycles. The fourth-order valence-corrected chi connectivity index (χ4v) is 3.85. The van der Waals surface area contributed by atoms with Gasteiger partial charge in [0.05, 0.1) is 22.4 Å². The van der Waals surface area contributed by atoms with Crippen LogP contribution in [0.25, 0.3) is 28.2 Å². The summed E-state index contributed by atoms with van der Waals surface area (Å²) in [5.41, 5.74) is 3.58. The number of benzene rings is 1. The molecule has 36 heavy (non-hydrogen) atoms. The minimum absolute atomic E-state index is 0.236. The highest BCUT2D eigenvalue weighted by Gasteiger charge is 2.30. The number of aryl methyl sites for hydroxylation is 2. The first-order valence-corrected chi connectivity index (χ1v) is 11.1. The molecule has 11 heteroatoms. The van der Waals surface area contributed by atoms with Gasteiger partial charge in [-0.3, -0.25) is 14.0 Å². The van der Waals surface area contributed by atoms with Crippen molar-refractivity contribution in [3.63, 3.8) is 0 Å². The Morgan fingerprint density at radius 2 is 1.86 bits per heavy atom. The van der Waals surface area contributed by atoms with E-state index >= 15 is 0 Å². The Labute approximate surface area is 204 Å². The first-order chi connectivity index (χ1) is 17.1. The van der Waals surface area contributed by atoms with Crippen LogP contribution in [0.4, 0.5) is 20.3 Å². The molecule has 4 heterocycles. The van der Waals surface area contributed by atoms with Crippen LogP contribution in [0, 0.1) is 6.92 Å². The van der Waals surface area contributed by atoms with Crippen LogP contribution in [0.3, 0.4) is 0 Å². The van der Waals surface area contributed by atoms with Crippen LogP contribution in [0.2, 0.25) is 0 Å². The number of carbonyl (C=O) groups excluding carboxylic acids is 1. The number of halogens is 2. The van der Waals surface area contributed by atoms with E-state index in [1.165, 1.54) is 17.7 Å². The Morgan fingerprint density at radius 1 is 1.06 bits per heavy atom. The van der Waals surface area contributed by atoms with Crippen LogP contribution in [0.15, 0.2) is 54.9 Å². The minimum Gasteiger partial charge on any atom is -0.339 e. The normalized spacial score (nSPS) is 11.7. The van der Waals surface area contributed by atoms with Gasteiger partial charge >= 0.3 is 0 Å². The Bertz CT molecular complexity index is 1600. The van der Waals surface area contributed by atoms with Crippen LogP contribution >= 0.6 is 0 Å². The molecule has 0 aliphatic rings. The second-order valence-corrected chi connectivity index (χ2v) is 8.55. The second-order valence-electron chi connectivity index (χ2n) is 8.55. The van der Waals surface area contributed by atoms with Crippen molar-refractivity contribution in [1.82, 2.24) is 34.5 Å². The lowest BCUT2D eigenvalue weighted by Gasteiger charge is -2.11. The van der Waals surface area contributed by atoms with E-state index in [-0.39, 0.29) is 11.5 Å². The molecule has 0 aliphatic carbocycles. The van der Waals surface area contributed by atoms with E-state index in [0.717, 1.165) is 23.8 Å². The molecule has 0 fully saturated rings. The molecule has 0 aliphatic heterocycles. The molecule has 0 atom stereocenters. The van der Waals surface area contributed by atoms with Crippen molar-refractivity contribution in [2.75, 3.05) is 5.32 Å². The third-order valence-electron chi connectivity index (χ3n) is 5.70. The summed E-state index contributed by atoms with van der Waals surface area (Å²) >= 11 is 0. The van der Waals surface area contributed by atoms with Gasteiger partial charge in [0.25, 0.3) is 5.92 Å². The van der Waals surface area contributed by atoms with Crippen LogP contribution < -0.4 is 5.32 Å². The number of rotatable bonds is 6. The van der Waals surface area contributed by atoms with Crippen molar-refractivity contribution in [1.29, 1.82) is 0 Å². The molecule has 0 spiro atoms. The van der Waals surface area contributed by atoms with Gasteiger partial charge in [-0.25, -0.2) is 9.97 Å². The molecule has 0 unspecified atom stereocenters. The zero-order valence-electron chi connectivity index (χ0n) is 20.0. The summed E-state index contributed by atoms with van der Waals surface area (Å²) in [5.74, 6) is -2.27. The second kappa shape index (κ2) is 8.59. The quantitative estimate of drug-likeness (QED) is 0.336. The Morgan fingerprint density at radius 3 is 2.53 bits per heavy atom. The summed E-state index contributed by atoms with van der Waals surface area (Å²) in [6, 6.07) is 13.9. The average molecular weight is 489 g/mol. The number of imidazole rings is 1. The highest BCUT2D eigenvalue weighted by Crippen LogP contribution is 2.31. The van der Waals surface area contributed by atoms with Gasteiger partial charge in [0.2, 0.25) is 0 Å². The van der Waals surface area contributed by atoms with Gasteiger partial charge in [-0.05, 0) is 62.4 Å². The summed E-state index contributed by atoms with van der Waals surface area (Å²) in [5, 5.41) is 15.3. The summed E-state index contributed by atoms with van der Waals surface area (Å²) in [6.07, 6.45) is 1.62. The standard InChI is InChI=1S/C25H22F2N8O/c1-14-5-9-22(32-31-14)29-16-6-8-19-18(11-16)28-13-35(19)23-10-7-17(15(2)36)24(30-23)20-12-21(25(3,26)27)33-34(20)4/h5-13H,1-4H3,(H,29,32). The van der Waals surface area contributed by atoms with E-state index in [4.69, 9.17) is 0 Å². The van der Waals surface area contributed by atoms with Crippen molar-refractivity contribution in [3.05, 3.63) is 71.8 Å². The van der Waals surface area contributed by atoms with Crippen molar-refractivity contribution in [3.8, 4) is 17.2 Å². The number of alkyl halides is 2. The lowest BCUT2D eigenvalue weighted by Crippen LogP contribution is -2.08. The van der Waals surface area contributed by atoms with Crippen molar-refractivity contribution in [2.45, 2.75) is 26.7 Å². The van der Waals surface area contributed by atoms with Gasteiger partial charge in [0.1, 0.15) is 23.5 Å². The Balaban J connectivity index is 1.55. The fraction of sp³-hybridized carbons (Fsp3) is 0.200. The number of ketones is 1. The number of anilines is 2. The maximum Gasteiger partial charge on any atom is 0.288 e. The van der Waals surface area contributed by atoms with Crippen molar-refractivity contribution in [2.24, 2.45) is 7.05 Å². The predicted molar refractivity (Wildman–Crippen MR) is 131 cm³/mol. The zero-order valence-corrected chi connectivity index (χ0v) is 20.0. The van der Waals surface area contributed by atoms with E-state index < -0.39 is 11.6 Å². The number of nitrogens with one attached hydrogen (secondary N) is 1. The summed E-state index contributed by atoms with van der Waals surface area (Å²) < 4.78 is 30.9. The van der Waals surface area contributed by atoms with E-state index in [0.29, 0.717) is 28.4 Å². The summed E-state index contributed by atoms with van der Waals surface area (Å²) in [7, 11) is 1.54. The minimum atomic E-state index is -3.12. The average Bonchev–Trinajstić information content (AvgIpc) is 3.43. The lowest BCUT2D eigenvalue weighted by atomic mass is 10.1. The zero-order chi connectivity index (χ0) is 25.6. The van der Waals surface area contributed by atoms with E-state index in [1.807, 2.05) is 37.3 Å². The summed E-state index contributed by atoms with van der Waals surface area (Å²) in [6.45, 7) is 4.05. The lowest BCUT2D eigenvalue weighted by molar-refractivity contribution is 0.0122. The van der Waals surface area contributed by atoms with Crippen LogP contribution in [0.1, 0.15) is 35.6 Å². The van der Waals surface area contributed by atoms with Crippen LogP contribution in [-0.4, -0.2) is 40.3 Å². The number of hydrogen-bond acceptors (Lipinski definition) is 7. The molecule has 9 nitrogen and oxygen atoms in total. The number of hydrogen-bond donors (Lipinski definition) is 1. The third-order valence-corrected chi connectivity index (χ3v) is 5.70. The van der Waals surface area contributed by atoms with E-state index in [2.05, 4.69) is 30.6 Å². The van der Waals surface area contributed by atoms with Crippen molar-refractivity contribution >= 4 is 28.3 Å². The maximum absolute atomic E-state index is 13.9. The number of carbonyl (C=O) groups is 1. The molecule has 0 bridgehead atoms. The molecule has 182 valence electrons. The molecule has 0 radical (unpaired) electrons. The largest absolute Gasteiger partial charge is 0.339 e. The monoisotopic (exact) mass is 488 g/mol. The number of aromatic nitrogens is 7. The number of fused-ring (bicyclic) bond motifs is 1. The molecular formula is C25H22F2N8O. The molecule has 1 N–H and O–H groups in total. The molecule has 5 rings (SSSR count). The first-order valence-electron chi connectivity index (χ1n) is 11.1. The topological polar surface area (TPSA) is 103 Å². The molecule has 1 aromatic carbocycles. The van der Waals surface area contributed by atoms with E-state index in [9.17, 15) is 13.6 Å². The van der Waals surface area contributed by atoms with Gasteiger partial charge in [-0.2, -0.15) is 19.0 Å². The third kappa shape index (κ3) is 4.30. The Kier molecular flexibility index (Phi) is 5.54. The Hall–Kier alpha value is -4.54. The maximum atomic E-state index is 13.9. The number of pyridine rings is 1. The van der Waals surface area contributed by atoms with Gasteiger partial charge < -0.3 is 5.32 Å². The molecule has 4 aromatic heterocycles.